The summed E-state index contributed by atoms with van der Waals surface area (Å²) in [6, 6.07) is 4.70. The fourth-order valence-corrected chi connectivity index (χ4v) is 4.32. The number of aryl methyl sites for hydroxylation is 3. The monoisotopic (exact) mass is 355 g/mol. The Labute approximate surface area is 153 Å². The van der Waals surface area contributed by atoms with E-state index < -0.39 is 0 Å². The van der Waals surface area contributed by atoms with Gasteiger partial charge in [-0.15, -0.1) is 10.2 Å². The van der Waals surface area contributed by atoms with Gasteiger partial charge in [0.25, 0.3) is 0 Å². The van der Waals surface area contributed by atoms with Gasteiger partial charge in [-0.2, -0.15) is 0 Å². The number of carbonyl (C=O) groups excluding carboxylic acids is 1. The van der Waals surface area contributed by atoms with E-state index in [0.29, 0.717) is 12.0 Å². The zero-order valence-electron chi connectivity index (χ0n) is 15.4. The standard InChI is InChI=1S/C20H25N3OS/c1-11-9-13(3)17(10-12(11)2)18(24)14(4)25-20-22-21-19(15-5-6-15)23(20)16-7-8-16/h9-10,14-16H,5-8H2,1-4H3/t14-/m0/s1. The largest absolute Gasteiger partial charge is 0.303 e. The maximum absolute atomic E-state index is 13.0. The summed E-state index contributed by atoms with van der Waals surface area (Å²) in [5.41, 5.74) is 4.30. The van der Waals surface area contributed by atoms with Gasteiger partial charge in [0.15, 0.2) is 10.9 Å². The lowest BCUT2D eigenvalue weighted by molar-refractivity contribution is 0.0993. The summed E-state index contributed by atoms with van der Waals surface area (Å²) in [4.78, 5) is 13.0. The highest BCUT2D eigenvalue weighted by Crippen LogP contribution is 2.46. The minimum absolute atomic E-state index is 0.158. The third-order valence-electron chi connectivity index (χ3n) is 5.30. The van der Waals surface area contributed by atoms with Gasteiger partial charge in [0, 0.05) is 17.5 Å². The van der Waals surface area contributed by atoms with Gasteiger partial charge in [-0.05, 0) is 76.1 Å². The van der Waals surface area contributed by atoms with Gasteiger partial charge in [0.05, 0.1) is 5.25 Å². The van der Waals surface area contributed by atoms with Crippen molar-refractivity contribution in [2.24, 2.45) is 0 Å². The second kappa shape index (κ2) is 6.27. The van der Waals surface area contributed by atoms with Crippen LogP contribution in [0.1, 0.15) is 77.4 Å². The number of Topliss-reactive ketones (excluding diaryl/α,β-unsaturated/α-hetero) is 1. The molecule has 0 N–H and O–H groups in total. The maximum Gasteiger partial charge on any atom is 0.192 e. The Morgan fingerprint density at radius 3 is 2.40 bits per heavy atom. The average molecular weight is 356 g/mol. The molecule has 0 radical (unpaired) electrons. The first-order valence-electron chi connectivity index (χ1n) is 9.19. The molecular formula is C20H25N3OS. The normalized spacial score (nSPS) is 18.4. The lowest BCUT2D eigenvalue weighted by Crippen LogP contribution is -2.16. The van der Waals surface area contributed by atoms with Gasteiger partial charge in [0.2, 0.25) is 0 Å². The molecule has 2 saturated carbocycles. The average Bonchev–Trinajstić information content (AvgIpc) is 3.49. The van der Waals surface area contributed by atoms with Crippen molar-refractivity contribution < 1.29 is 4.79 Å². The van der Waals surface area contributed by atoms with Crippen molar-refractivity contribution in [2.75, 3.05) is 0 Å². The van der Waals surface area contributed by atoms with Gasteiger partial charge < -0.3 is 4.57 Å². The molecule has 1 heterocycles. The van der Waals surface area contributed by atoms with Crippen LogP contribution in [0.4, 0.5) is 0 Å². The zero-order valence-corrected chi connectivity index (χ0v) is 16.2. The third-order valence-corrected chi connectivity index (χ3v) is 6.36. The van der Waals surface area contributed by atoms with Crippen LogP contribution in [-0.4, -0.2) is 25.8 Å². The molecule has 0 amide bonds. The quantitative estimate of drug-likeness (QED) is 0.553. The van der Waals surface area contributed by atoms with Crippen LogP contribution < -0.4 is 0 Å². The van der Waals surface area contributed by atoms with Crippen LogP contribution >= 0.6 is 11.8 Å². The van der Waals surface area contributed by atoms with E-state index in [2.05, 4.69) is 34.7 Å². The van der Waals surface area contributed by atoms with Crippen molar-refractivity contribution in [1.29, 1.82) is 0 Å². The lowest BCUT2D eigenvalue weighted by Gasteiger charge is -2.15. The number of thioether (sulfide) groups is 1. The fraction of sp³-hybridized carbons (Fsp3) is 0.550. The number of hydrogen-bond acceptors (Lipinski definition) is 4. The number of benzene rings is 1. The van der Waals surface area contributed by atoms with E-state index in [1.54, 1.807) is 11.8 Å². The van der Waals surface area contributed by atoms with Gasteiger partial charge in [0.1, 0.15) is 5.82 Å². The Morgan fingerprint density at radius 2 is 1.76 bits per heavy atom. The van der Waals surface area contributed by atoms with Crippen LogP contribution in [0.2, 0.25) is 0 Å². The summed E-state index contributed by atoms with van der Waals surface area (Å²) in [5.74, 6) is 1.92. The Kier molecular flexibility index (Phi) is 4.22. The van der Waals surface area contributed by atoms with Crippen LogP contribution in [0.25, 0.3) is 0 Å². The number of nitrogens with zero attached hydrogens (tertiary/aromatic N) is 3. The molecule has 2 fully saturated rings. The van der Waals surface area contributed by atoms with Crippen molar-refractivity contribution in [2.45, 2.75) is 75.7 Å². The van der Waals surface area contributed by atoms with E-state index >= 15 is 0 Å². The molecule has 1 aromatic carbocycles. The molecule has 2 aromatic rings. The summed E-state index contributed by atoms with van der Waals surface area (Å²) in [5, 5.41) is 9.65. The van der Waals surface area contributed by atoms with E-state index in [9.17, 15) is 4.79 Å². The highest BCUT2D eigenvalue weighted by atomic mass is 32.2. The number of hydrogen-bond donors (Lipinski definition) is 0. The first-order valence-corrected chi connectivity index (χ1v) is 10.1. The van der Waals surface area contributed by atoms with Crippen LogP contribution in [0.5, 0.6) is 0 Å². The van der Waals surface area contributed by atoms with Crippen LogP contribution in [0, 0.1) is 20.8 Å². The summed E-state index contributed by atoms with van der Waals surface area (Å²) in [6.07, 6.45) is 4.88. The van der Waals surface area contributed by atoms with Crippen LogP contribution in [0.15, 0.2) is 17.3 Å². The van der Waals surface area contributed by atoms with E-state index in [1.165, 1.54) is 36.8 Å². The topological polar surface area (TPSA) is 47.8 Å². The summed E-state index contributed by atoms with van der Waals surface area (Å²) in [6.45, 7) is 8.17. The van der Waals surface area contributed by atoms with Crippen LogP contribution in [0.3, 0.4) is 0 Å². The molecule has 0 spiro atoms. The molecule has 0 unspecified atom stereocenters. The Morgan fingerprint density at radius 1 is 1.08 bits per heavy atom. The molecule has 0 aliphatic heterocycles. The van der Waals surface area contributed by atoms with E-state index in [0.717, 1.165) is 22.1 Å². The Hall–Kier alpha value is -1.62. The first kappa shape index (κ1) is 16.8. The highest BCUT2D eigenvalue weighted by molar-refractivity contribution is 8.00. The number of ketones is 1. The zero-order chi connectivity index (χ0) is 17.7. The predicted molar refractivity (Wildman–Crippen MR) is 101 cm³/mol. The molecule has 0 saturated heterocycles. The second-order valence-electron chi connectivity index (χ2n) is 7.59. The SMILES string of the molecule is Cc1cc(C)c(C(=O)[C@H](C)Sc2nnc(C3CC3)n2C2CC2)cc1C. The molecule has 2 aliphatic carbocycles. The van der Waals surface area contributed by atoms with Gasteiger partial charge in [-0.3, -0.25) is 4.79 Å². The summed E-state index contributed by atoms with van der Waals surface area (Å²) < 4.78 is 2.32. The number of carbonyl (C=O) groups is 1. The summed E-state index contributed by atoms with van der Waals surface area (Å²) in [7, 11) is 0. The van der Waals surface area contributed by atoms with Crippen molar-refractivity contribution in [3.63, 3.8) is 0 Å². The smallest absolute Gasteiger partial charge is 0.192 e. The molecule has 132 valence electrons. The lowest BCUT2D eigenvalue weighted by atomic mass is 9.97. The molecule has 5 heteroatoms. The number of rotatable bonds is 6. The molecular weight excluding hydrogens is 330 g/mol. The Balaban J connectivity index is 1.57. The molecule has 2 aliphatic rings. The minimum Gasteiger partial charge on any atom is -0.303 e. The molecule has 25 heavy (non-hydrogen) atoms. The van der Waals surface area contributed by atoms with Crippen molar-refractivity contribution in [3.05, 3.63) is 40.2 Å². The summed E-state index contributed by atoms with van der Waals surface area (Å²) >= 11 is 1.57. The first-order chi connectivity index (χ1) is 12.0. The van der Waals surface area contributed by atoms with E-state index in [-0.39, 0.29) is 11.0 Å². The van der Waals surface area contributed by atoms with Gasteiger partial charge in [-0.25, -0.2) is 0 Å². The van der Waals surface area contributed by atoms with Crippen molar-refractivity contribution >= 4 is 17.5 Å². The van der Waals surface area contributed by atoms with Crippen molar-refractivity contribution in [1.82, 2.24) is 14.8 Å². The highest BCUT2D eigenvalue weighted by Gasteiger charge is 2.37. The second-order valence-corrected chi connectivity index (χ2v) is 8.90. The van der Waals surface area contributed by atoms with E-state index in [4.69, 9.17) is 0 Å². The third kappa shape index (κ3) is 3.26. The molecule has 4 rings (SSSR count). The molecule has 0 bridgehead atoms. The Bertz CT molecular complexity index is 834. The van der Waals surface area contributed by atoms with Gasteiger partial charge in [-0.1, -0.05) is 17.8 Å². The maximum atomic E-state index is 13.0. The molecule has 1 atom stereocenters. The van der Waals surface area contributed by atoms with Gasteiger partial charge >= 0.3 is 0 Å². The molecule has 1 aromatic heterocycles. The van der Waals surface area contributed by atoms with E-state index in [1.807, 2.05) is 19.9 Å². The van der Waals surface area contributed by atoms with Crippen molar-refractivity contribution in [3.8, 4) is 0 Å². The minimum atomic E-state index is -0.158. The predicted octanol–water partition coefficient (Wildman–Crippen LogP) is 4.78. The number of aromatic nitrogens is 3. The molecule has 4 nitrogen and oxygen atoms in total. The van der Waals surface area contributed by atoms with Crippen LogP contribution in [-0.2, 0) is 0 Å². The fourth-order valence-electron chi connectivity index (χ4n) is 3.32.